The highest BCUT2D eigenvalue weighted by atomic mass is 19.1. The van der Waals surface area contributed by atoms with Gasteiger partial charge in [-0.15, -0.1) is 0 Å². The van der Waals surface area contributed by atoms with E-state index in [1.807, 2.05) is 13.8 Å². The predicted octanol–water partition coefficient (Wildman–Crippen LogP) is 2.67. The Kier molecular flexibility index (Phi) is 3.47. The molecule has 78 valence electrons. The third-order valence-electron chi connectivity index (χ3n) is 1.79. The summed E-state index contributed by atoms with van der Waals surface area (Å²) in [5.74, 6) is 0.0556. The summed E-state index contributed by atoms with van der Waals surface area (Å²) >= 11 is 0. The van der Waals surface area contributed by atoms with E-state index < -0.39 is 11.9 Å². The van der Waals surface area contributed by atoms with E-state index in [0.29, 0.717) is 11.3 Å². The molecule has 1 rings (SSSR count). The van der Waals surface area contributed by atoms with Crippen LogP contribution in [0.1, 0.15) is 32.4 Å². The number of aliphatic hydroxyl groups is 1. The molecule has 0 spiro atoms. The second-order valence-corrected chi connectivity index (χ2v) is 3.53. The zero-order valence-corrected chi connectivity index (χ0v) is 8.62. The molecule has 14 heavy (non-hydrogen) atoms. The van der Waals surface area contributed by atoms with Crippen LogP contribution >= 0.6 is 0 Å². The predicted molar refractivity (Wildman–Crippen MR) is 52.8 cm³/mol. The molecule has 0 saturated heterocycles. The molecule has 1 aromatic rings. The van der Waals surface area contributed by atoms with Crippen molar-refractivity contribution in [1.82, 2.24) is 0 Å². The van der Waals surface area contributed by atoms with Crippen molar-refractivity contribution in [2.24, 2.45) is 0 Å². The highest BCUT2D eigenvalue weighted by Gasteiger charge is 2.09. The van der Waals surface area contributed by atoms with Gasteiger partial charge in [0.1, 0.15) is 11.6 Å². The number of hydrogen-bond acceptors (Lipinski definition) is 2. The van der Waals surface area contributed by atoms with Gasteiger partial charge in [-0.25, -0.2) is 4.39 Å². The Balaban J connectivity index is 2.89. The minimum absolute atomic E-state index is 0.0202. The molecule has 0 bridgehead atoms. The SMILES string of the molecule is CC(C)Oc1ccc([C@@H](C)O)c(F)c1. The van der Waals surface area contributed by atoms with Gasteiger partial charge in [-0.05, 0) is 32.9 Å². The highest BCUT2D eigenvalue weighted by Crippen LogP contribution is 2.22. The molecule has 0 amide bonds. The number of benzene rings is 1. The van der Waals surface area contributed by atoms with E-state index in [-0.39, 0.29) is 6.10 Å². The zero-order valence-electron chi connectivity index (χ0n) is 8.62. The molecule has 1 aromatic carbocycles. The molecule has 0 aliphatic heterocycles. The molecule has 0 aliphatic carbocycles. The van der Waals surface area contributed by atoms with E-state index >= 15 is 0 Å². The Morgan fingerprint density at radius 3 is 2.36 bits per heavy atom. The quantitative estimate of drug-likeness (QED) is 0.809. The van der Waals surface area contributed by atoms with E-state index in [1.165, 1.54) is 19.1 Å². The van der Waals surface area contributed by atoms with E-state index in [4.69, 9.17) is 4.74 Å². The van der Waals surface area contributed by atoms with E-state index in [0.717, 1.165) is 0 Å². The van der Waals surface area contributed by atoms with Gasteiger partial charge in [-0.2, -0.15) is 0 Å². The Morgan fingerprint density at radius 1 is 1.29 bits per heavy atom. The fourth-order valence-corrected chi connectivity index (χ4v) is 1.19. The molecule has 0 aliphatic rings. The first-order valence-corrected chi connectivity index (χ1v) is 4.65. The van der Waals surface area contributed by atoms with Gasteiger partial charge in [0.2, 0.25) is 0 Å². The standard InChI is InChI=1S/C11H15FO2/c1-7(2)14-9-4-5-10(8(3)13)11(12)6-9/h4-8,13H,1-3H3/t8-/m1/s1. The van der Waals surface area contributed by atoms with Gasteiger partial charge < -0.3 is 9.84 Å². The smallest absolute Gasteiger partial charge is 0.132 e. The van der Waals surface area contributed by atoms with Crippen molar-refractivity contribution in [2.45, 2.75) is 33.0 Å². The van der Waals surface area contributed by atoms with Crippen LogP contribution in [0.25, 0.3) is 0 Å². The number of rotatable bonds is 3. The summed E-state index contributed by atoms with van der Waals surface area (Å²) < 4.78 is 18.6. The van der Waals surface area contributed by atoms with Crippen LogP contribution in [-0.2, 0) is 0 Å². The van der Waals surface area contributed by atoms with Crippen LogP contribution in [0.15, 0.2) is 18.2 Å². The summed E-state index contributed by atoms with van der Waals surface area (Å²) in [4.78, 5) is 0. The van der Waals surface area contributed by atoms with Gasteiger partial charge in [-0.1, -0.05) is 0 Å². The van der Waals surface area contributed by atoms with Crippen molar-refractivity contribution >= 4 is 0 Å². The fraction of sp³-hybridized carbons (Fsp3) is 0.455. The molecule has 3 heteroatoms. The lowest BCUT2D eigenvalue weighted by atomic mass is 10.1. The topological polar surface area (TPSA) is 29.5 Å². The number of ether oxygens (including phenoxy) is 1. The minimum atomic E-state index is -0.789. The molecule has 0 fully saturated rings. The lowest BCUT2D eigenvalue weighted by molar-refractivity contribution is 0.193. The van der Waals surface area contributed by atoms with Crippen LogP contribution in [0, 0.1) is 5.82 Å². The average Bonchev–Trinajstić information content (AvgIpc) is 2.01. The van der Waals surface area contributed by atoms with Crippen molar-refractivity contribution in [1.29, 1.82) is 0 Å². The summed E-state index contributed by atoms with van der Waals surface area (Å²) in [5, 5.41) is 9.20. The van der Waals surface area contributed by atoms with Crippen molar-refractivity contribution in [3.63, 3.8) is 0 Å². The fourth-order valence-electron chi connectivity index (χ4n) is 1.19. The van der Waals surface area contributed by atoms with Crippen LogP contribution in [0.5, 0.6) is 5.75 Å². The molecule has 2 nitrogen and oxygen atoms in total. The second-order valence-electron chi connectivity index (χ2n) is 3.53. The Bertz CT molecular complexity index is 308. The van der Waals surface area contributed by atoms with E-state index in [9.17, 15) is 9.50 Å². The molecule has 0 aromatic heterocycles. The molecular weight excluding hydrogens is 183 g/mol. The van der Waals surface area contributed by atoms with Crippen LogP contribution < -0.4 is 4.74 Å². The first kappa shape index (κ1) is 11.0. The van der Waals surface area contributed by atoms with Gasteiger partial charge >= 0.3 is 0 Å². The third-order valence-corrected chi connectivity index (χ3v) is 1.79. The van der Waals surface area contributed by atoms with Gasteiger partial charge in [0.05, 0.1) is 12.2 Å². The average molecular weight is 198 g/mol. The lowest BCUT2D eigenvalue weighted by Gasteiger charge is -2.11. The van der Waals surface area contributed by atoms with Crippen LogP contribution in [0.2, 0.25) is 0 Å². The second kappa shape index (κ2) is 4.42. The van der Waals surface area contributed by atoms with Crippen molar-refractivity contribution in [3.05, 3.63) is 29.6 Å². The highest BCUT2D eigenvalue weighted by molar-refractivity contribution is 5.30. The molecule has 0 unspecified atom stereocenters. The van der Waals surface area contributed by atoms with E-state index in [2.05, 4.69) is 0 Å². The monoisotopic (exact) mass is 198 g/mol. The Hall–Kier alpha value is -1.09. The maximum atomic E-state index is 13.3. The molecule has 0 heterocycles. The van der Waals surface area contributed by atoms with Gasteiger partial charge in [0.15, 0.2) is 0 Å². The number of hydrogen-bond donors (Lipinski definition) is 1. The minimum Gasteiger partial charge on any atom is -0.491 e. The molecular formula is C11H15FO2. The first-order chi connectivity index (χ1) is 6.50. The van der Waals surface area contributed by atoms with Gasteiger partial charge in [0, 0.05) is 11.6 Å². The Morgan fingerprint density at radius 2 is 1.93 bits per heavy atom. The number of aliphatic hydroxyl groups excluding tert-OH is 1. The van der Waals surface area contributed by atoms with Gasteiger partial charge in [-0.3, -0.25) is 0 Å². The summed E-state index contributed by atoms with van der Waals surface area (Å²) in [6.07, 6.45) is -0.769. The van der Waals surface area contributed by atoms with E-state index in [1.54, 1.807) is 6.07 Å². The maximum absolute atomic E-state index is 13.3. The Labute approximate surface area is 83.3 Å². The molecule has 0 saturated carbocycles. The van der Waals surface area contributed by atoms with Crippen molar-refractivity contribution in [3.8, 4) is 5.75 Å². The molecule has 0 radical (unpaired) electrons. The van der Waals surface area contributed by atoms with Crippen LogP contribution in [0.4, 0.5) is 4.39 Å². The zero-order chi connectivity index (χ0) is 10.7. The largest absolute Gasteiger partial charge is 0.491 e. The van der Waals surface area contributed by atoms with Crippen molar-refractivity contribution < 1.29 is 14.2 Å². The summed E-state index contributed by atoms with van der Waals surface area (Å²) in [6, 6.07) is 4.49. The maximum Gasteiger partial charge on any atom is 0.132 e. The van der Waals surface area contributed by atoms with Crippen LogP contribution in [-0.4, -0.2) is 11.2 Å². The summed E-state index contributed by atoms with van der Waals surface area (Å²) in [6.45, 7) is 5.28. The first-order valence-electron chi connectivity index (χ1n) is 4.65. The van der Waals surface area contributed by atoms with Crippen LogP contribution in [0.3, 0.4) is 0 Å². The third kappa shape index (κ3) is 2.70. The summed E-state index contributed by atoms with van der Waals surface area (Å²) in [7, 11) is 0. The molecule has 1 N–H and O–H groups in total. The van der Waals surface area contributed by atoms with Gasteiger partial charge in [0.25, 0.3) is 0 Å². The number of halogens is 1. The lowest BCUT2D eigenvalue weighted by Crippen LogP contribution is -2.06. The molecule has 1 atom stereocenters. The normalized spacial score (nSPS) is 13.0. The van der Waals surface area contributed by atoms with Crippen molar-refractivity contribution in [2.75, 3.05) is 0 Å². The summed E-state index contributed by atoms with van der Waals surface area (Å²) in [5.41, 5.74) is 0.293.